The molecule has 3 fully saturated rings. The largest absolute Gasteiger partial charge is 0.396 e. The van der Waals surface area contributed by atoms with Crippen molar-refractivity contribution in [3.8, 4) is 0 Å². The first kappa shape index (κ1) is 12.9. The molecule has 5 atom stereocenters. The Morgan fingerprint density at radius 3 is 3.05 bits per heavy atom. The summed E-state index contributed by atoms with van der Waals surface area (Å²) in [5.74, 6) is 0.965. The van der Waals surface area contributed by atoms with Gasteiger partial charge in [0.1, 0.15) is 0 Å². The fourth-order valence-corrected chi connectivity index (χ4v) is 5.32. The molecule has 4 aliphatic heterocycles. The van der Waals surface area contributed by atoms with Gasteiger partial charge in [-0.15, -0.1) is 0 Å². The monoisotopic (exact) mass is 294 g/mol. The van der Waals surface area contributed by atoms with Crippen LogP contribution < -0.4 is 0 Å². The van der Waals surface area contributed by atoms with Crippen molar-refractivity contribution in [3.05, 3.63) is 47.2 Å². The Kier molecular flexibility index (Phi) is 2.62. The lowest BCUT2D eigenvalue weighted by Gasteiger charge is -2.58. The fourth-order valence-electron chi connectivity index (χ4n) is 5.32. The first-order valence-electron chi connectivity index (χ1n) is 8.43. The Morgan fingerprint density at radius 2 is 2.23 bits per heavy atom. The topological polar surface area (TPSA) is 39.3 Å². The van der Waals surface area contributed by atoms with Crippen molar-refractivity contribution >= 4 is 10.9 Å². The average molecular weight is 294 g/mol. The van der Waals surface area contributed by atoms with Gasteiger partial charge in [0, 0.05) is 41.7 Å². The average Bonchev–Trinajstić information content (AvgIpc) is 2.93. The minimum atomic E-state index is 0.313. The molecule has 3 heteroatoms. The Morgan fingerprint density at radius 1 is 1.36 bits per heavy atom. The molecule has 0 saturated carbocycles. The van der Waals surface area contributed by atoms with Crippen LogP contribution in [0.25, 0.3) is 10.9 Å². The van der Waals surface area contributed by atoms with Crippen molar-refractivity contribution in [2.75, 3.05) is 13.2 Å². The maximum absolute atomic E-state index is 9.99. The number of allylic oxidation sites excluding steroid dienone is 1. The van der Waals surface area contributed by atoms with Crippen LogP contribution >= 0.6 is 0 Å². The van der Waals surface area contributed by atoms with Gasteiger partial charge in [-0.3, -0.25) is 4.90 Å². The number of H-pyrrole nitrogens is 1. The Labute approximate surface area is 130 Å². The Balaban J connectivity index is 1.69. The maximum atomic E-state index is 9.99. The summed E-state index contributed by atoms with van der Waals surface area (Å²) in [5, 5.41) is 11.4. The van der Waals surface area contributed by atoms with Crippen LogP contribution in [0, 0.1) is 11.8 Å². The number of aliphatic hydroxyl groups excluding tert-OH is 1. The van der Waals surface area contributed by atoms with E-state index in [2.05, 4.69) is 47.1 Å². The number of fused-ring (bicyclic) bond motifs is 4. The lowest BCUT2D eigenvalue weighted by atomic mass is 9.64. The van der Waals surface area contributed by atoms with Crippen molar-refractivity contribution < 1.29 is 5.11 Å². The smallest absolute Gasteiger partial charge is 0.0514 e. The number of hydrogen-bond donors (Lipinski definition) is 2. The van der Waals surface area contributed by atoms with Gasteiger partial charge in [-0.2, -0.15) is 0 Å². The van der Waals surface area contributed by atoms with Crippen molar-refractivity contribution in [1.29, 1.82) is 0 Å². The molecule has 0 spiro atoms. The van der Waals surface area contributed by atoms with E-state index < -0.39 is 0 Å². The van der Waals surface area contributed by atoms with Crippen molar-refractivity contribution in [1.82, 2.24) is 9.88 Å². The zero-order valence-corrected chi connectivity index (χ0v) is 12.9. The third-order valence-corrected chi connectivity index (χ3v) is 6.33. The summed E-state index contributed by atoms with van der Waals surface area (Å²) >= 11 is 0. The predicted octanol–water partition coefficient (Wildman–Crippen LogP) is 3.02. The van der Waals surface area contributed by atoms with Crippen LogP contribution in [0.1, 0.15) is 30.6 Å². The van der Waals surface area contributed by atoms with Crippen LogP contribution in [0.3, 0.4) is 0 Å². The highest BCUT2D eigenvalue weighted by atomic mass is 16.3. The molecule has 2 aromatic rings. The molecule has 5 heterocycles. The Bertz CT molecular complexity index is 775. The molecule has 1 aromatic heterocycles. The van der Waals surface area contributed by atoms with Crippen LogP contribution in [0.4, 0.5) is 0 Å². The van der Waals surface area contributed by atoms with E-state index >= 15 is 0 Å². The van der Waals surface area contributed by atoms with Gasteiger partial charge in [0.15, 0.2) is 0 Å². The van der Waals surface area contributed by atoms with Gasteiger partial charge >= 0.3 is 0 Å². The first-order valence-corrected chi connectivity index (χ1v) is 8.43. The molecule has 22 heavy (non-hydrogen) atoms. The molecule has 1 aromatic carbocycles. The fraction of sp³-hybridized carbons (Fsp3) is 0.474. The zero-order valence-electron chi connectivity index (χ0n) is 12.9. The highest BCUT2D eigenvalue weighted by Crippen LogP contribution is 2.53. The van der Waals surface area contributed by atoms with Gasteiger partial charge < -0.3 is 10.1 Å². The van der Waals surface area contributed by atoms with Gasteiger partial charge in [0.2, 0.25) is 0 Å². The molecule has 3 nitrogen and oxygen atoms in total. The zero-order chi connectivity index (χ0) is 14.8. The number of nitrogens with one attached hydrogen (secondary N) is 1. The van der Waals surface area contributed by atoms with E-state index in [4.69, 9.17) is 0 Å². The number of piperidine rings is 3. The highest BCUT2D eigenvalue weighted by molar-refractivity contribution is 5.85. The van der Waals surface area contributed by atoms with Crippen LogP contribution in [0.2, 0.25) is 0 Å². The van der Waals surface area contributed by atoms with Crippen LogP contribution in [-0.4, -0.2) is 34.2 Å². The summed E-state index contributed by atoms with van der Waals surface area (Å²) in [5.41, 5.74) is 5.74. The second-order valence-electron chi connectivity index (χ2n) is 7.07. The number of nitrogens with zero attached hydrogens (tertiary/aromatic N) is 1. The molecule has 0 aliphatic carbocycles. The van der Waals surface area contributed by atoms with Gasteiger partial charge in [-0.25, -0.2) is 0 Å². The first-order chi connectivity index (χ1) is 10.8. The summed E-state index contributed by atoms with van der Waals surface area (Å²) in [6.07, 6.45) is 4.51. The summed E-state index contributed by atoms with van der Waals surface area (Å²) in [6, 6.07) is 9.68. The highest BCUT2D eigenvalue weighted by Gasteiger charge is 2.52. The van der Waals surface area contributed by atoms with Gasteiger partial charge in [0.25, 0.3) is 0 Å². The van der Waals surface area contributed by atoms with E-state index in [0.29, 0.717) is 30.5 Å². The molecule has 114 valence electrons. The predicted molar refractivity (Wildman–Crippen MR) is 87.7 cm³/mol. The molecular formula is C19H22N2O. The lowest BCUT2D eigenvalue weighted by molar-refractivity contribution is -0.0503. The molecule has 6 rings (SSSR count). The van der Waals surface area contributed by atoms with E-state index in [9.17, 15) is 5.11 Å². The molecule has 2 N–H and O–H groups in total. The van der Waals surface area contributed by atoms with E-state index in [1.165, 1.54) is 27.7 Å². The summed E-state index contributed by atoms with van der Waals surface area (Å²) in [4.78, 5) is 6.35. The van der Waals surface area contributed by atoms with Gasteiger partial charge in [-0.05, 0) is 37.3 Å². The summed E-state index contributed by atoms with van der Waals surface area (Å²) < 4.78 is 0. The number of rotatable bonds is 1. The van der Waals surface area contributed by atoms with Crippen molar-refractivity contribution in [2.24, 2.45) is 11.8 Å². The second-order valence-corrected chi connectivity index (χ2v) is 7.07. The SMILES string of the molecule is C/C=C1/CN2[C@@H]3Cc4c([nH]c5ccccc45)[C@@H]2C[C@@H]1[C@@H]3CO. The van der Waals surface area contributed by atoms with Gasteiger partial charge in [-0.1, -0.05) is 29.8 Å². The molecule has 4 aliphatic rings. The van der Waals surface area contributed by atoms with E-state index in [1.54, 1.807) is 0 Å². The van der Waals surface area contributed by atoms with Crippen molar-refractivity contribution in [2.45, 2.75) is 31.8 Å². The van der Waals surface area contributed by atoms with E-state index in [-0.39, 0.29) is 0 Å². The van der Waals surface area contributed by atoms with Crippen LogP contribution in [0.15, 0.2) is 35.9 Å². The van der Waals surface area contributed by atoms with Crippen molar-refractivity contribution in [3.63, 3.8) is 0 Å². The van der Waals surface area contributed by atoms with E-state index in [0.717, 1.165) is 19.4 Å². The number of para-hydroxylation sites is 1. The number of aromatic nitrogens is 1. The summed E-state index contributed by atoms with van der Waals surface area (Å²) in [7, 11) is 0. The van der Waals surface area contributed by atoms with Crippen LogP contribution in [-0.2, 0) is 6.42 Å². The lowest BCUT2D eigenvalue weighted by Crippen LogP contribution is -2.60. The molecule has 0 radical (unpaired) electrons. The molecular weight excluding hydrogens is 272 g/mol. The summed E-state index contributed by atoms with van der Waals surface area (Å²) in [6.45, 7) is 3.55. The van der Waals surface area contributed by atoms with E-state index in [1.807, 2.05) is 0 Å². The van der Waals surface area contributed by atoms with Gasteiger partial charge in [0.05, 0.1) is 6.04 Å². The third-order valence-electron chi connectivity index (χ3n) is 6.33. The number of aromatic amines is 1. The quantitative estimate of drug-likeness (QED) is 0.794. The Hall–Kier alpha value is -1.58. The number of aliphatic hydroxyl groups is 1. The molecule has 3 saturated heterocycles. The standard InChI is InChI=1S/C19H22N2O/c1-2-11-9-21-17-8-14-12-5-3-4-6-16(12)20-19(14)18(21)7-13(11)15(17)10-22/h2-6,13,15,17-18,20,22H,7-10H2,1H3/b11-2-/t13-,15-,17+,18-/m0/s1. The van der Waals surface area contributed by atoms with Crippen LogP contribution in [0.5, 0.6) is 0 Å². The number of benzene rings is 1. The molecule has 0 amide bonds. The second kappa shape index (κ2) is 4.46. The minimum Gasteiger partial charge on any atom is -0.396 e. The molecule has 4 bridgehead atoms. The normalized spacial score (nSPS) is 37.7. The third kappa shape index (κ3) is 1.48. The molecule has 1 unspecified atom stereocenters. The minimum absolute atomic E-state index is 0.313. The number of hydrogen-bond acceptors (Lipinski definition) is 2. The maximum Gasteiger partial charge on any atom is 0.0514 e.